The number of amides is 2. The predicted octanol–water partition coefficient (Wildman–Crippen LogP) is 2.77. The summed E-state index contributed by atoms with van der Waals surface area (Å²) in [6.45, 7) is 2.43. The first-order valence-corrected chi connectivity index (χ1v) is 6.72. The van der Waals surface area contributed by atoms with E-state index in [9.17, 15) is 4.79 Å². The third-order valence-electron chi connectivity index (χ3n) is 3.14. The molecule has 0 saturated carbocycles. The highest BCUT2D eigenvalue weighted by Gasteiger charge is 2.14. The topological polar surface area (TPSA) is 82.7 Å². The van der Waals surface area contributed by atoms with Gasteiger partial charge >= 0.3 is 6.03 Å². The average molecular weight is 281 g/mol. The first-order valence-electron chi connectivity index (χ1n) is 6.72. The molecule has 0 radical (unpaired) electrons. The van der Waals surface area contributed by atoms with Crippen molar-refractivity contribution in [1.82, 2.24) is 20.5 Å². The Morgan fingerprint density at radius 2 is 2.05 bits per heavy atom. The molecule has 3 aromatic rings. The molecule has 0 spiro atoms. The van der Waals surface area contributed by atoms with Crippen molar-refractivity contribution in [2.75, 3.05) is 11.9 Å². The monoisotopic (exact) mass is 281 g/mol. The van der Waals surface area contributed by atoms with Crippen LogP contribution >= 0.6 is 0 Å². The van der Waals surface area contributed by atoms with Crippen molar-refractivity contribution in [3.8, 4) is 11.1 Å². The van der Waals surface area contributed by atoms with Crippen LogP contribution in [0.1, 0.15) is 6.92 Å². The minimum atomic E-state index is -0.247. The number of fused-ring (bicyclic) bond motifs is 1. The number of hydrogen-bond acceptors (Lipinski definition) is 3. The third kappa shape index (κ3) is 2.55. The minimum absolute atomic E-state index is 0.247. The predicted molar refractivity (Wildman–Crippen MR) is 82.0 cm³/mol. The van der Waals surface area contributed by atoms with Crippen LogP contribution in [0, 0.1) is 0 Å². The second kappa shape index (κ2) is 5.62. The summed E-state index contributed by atoms with van der Waals surface area (Å²) in [5, 5.41) is 13.2. The van der Waals surface area contributed by atoms with Crippen molar-refractivity contribution >= 4 is 22.8 Å². The molecule has 0 atom stereocenters. The van der Waals surface area contributed by atoms with Crippen LogP contribution in [0.3, 0.4) is 0 Å². The van der Waals surface area contributed by atoms with Crippen LogP contribution in [0.5, 0.6) is 0 Å². The molecule has 2 amide bonds. The highest BCUT2D eigenvalue weighted by atomic mass is 16.2. The number of aromatic amines is 1. The summed E-state index contributed by atoms with van der Waals surface area (Å²) < 4.78 is 0. The van der Waals surface area contributed by atoms with Crippen LogP contribution in [0.4, 0.5) is 10.5 Å². The van der Waals surface area contributed by atoms with E-state index in [2.05, 4.69) is 25.8 Å². The van der Waals surface area contributed by atoms with Gasteiger partial charge in [0.05, 0.1) is 17.3 Å². The summed E-state index contributed by atoms with van der Waals surface area (Å²) in [5.41, 5.74) is 3.18. The lowest BCUT2D eigenvalue weighted by molar-refractivity contribution is 0.252. The Labute approximate surface area is 121 Å². The van der Waals surface area contributed by atoms with Crippen LogP contribution < -0.4 is 10.6 Å². The van der Waals surface area contributed by atoms with Crippen molar-refractivity contribution in [1.29, 1.82) is 0 Å². The fourth-order valence-corrected chi connectivity index (χ4v) is 2.19. The summed E-state index contributed by atoms with van der Waals surface area (Å²) in [4.78, 5) is 16.2. The molecule has 0 bridgehead atoms. The number of pyridine rings is 1. The molecule has 0 aliphatic carbocycles. The zero-order chi connectivity index (χ0) is 14.7. The first-order chi connectivity index (χ1) is 10.3. The van der Waals surface area contributed by atoms with Crippen LogP contribution in [-0.4, -0.2) is 27.8 Å². The SMILES string of the molecule is CCNC(=O)Nc1c(-c2ccccc2)cnc2[nH]ncc12. The molecule has 1 aromatic carbocycles. The summed E-state index contributed by atoms with van der Waals surface area (Å²) >= 11 is 0. The third-order valence-corrected chi connectivity index (χ3v) is 3.14. The van der Waals surface area contributed by atoms with Crippen molar-refractivity contribution in [2.45, 2.75) is 6.92 Å². The fraction of sp³-hybridized carbons (Fsp3) is 0.133. The van der Waals surface area contributed by atoms with E-state index >= 15 is 0 Å². The molecular weight excluding hydrogens is 266 g/mol. The van der Waals surface area contributed by atoms with Crippen LogP contribution in [0.25, 0.3) is 22.2 Å². The van der Waals surface area contributed by atoms with Gasteiger partial charge in [-0.1, -0.05) is 30.3 Å². The van der Waals surface area contributed by atoms with Gasteiger partial charge in [0, 0.05) is 18.3 Å². The number of rotatable bonds is 3. The molecule has 0 unspecified atom stereocenters. The molecule has 0 saturated heterocycles. The molecule has 2 heterocycles. The fourth-order valence-electron chi connectivity index (χ4n) is 2.19. The van der Waals surface area contributed by atoms with E-state index in [-0.39, 0.29) is 6.03 Å². The Morgan fingerprint density at radius 3 is 2.81 bits per heavy atom. The highest BCUT2D eigenvalue weighted by molar-refractivity contribution is 6.05. The number of carbonyl (C=O) groups excluding carboxylic acids is 1. The second-order valence-corrected chi connectivity index (χ2v) is 4.53. The lowest BCUT2D eigenvalue weighted by Crippen LogP contribution is -2.28. The van der Waals surface area contributed by atoms with Gasteiger partial charge < -0.3 is 10.6 Å². The Bertz CT molecular complexity index is 766. The normalized spacial score (nSPS) is 10.5. The largest absolute Gasteiger partial charge is 0.338 e. The second-order valence-electron chi connectivity index (χ2n) is 4.53. The first kappa shape index (κ1) is 13.1. The van der Waals surface area contributed by atoms with E-state index in [0.717, 1.165) is 16.5 Å². The average Bonchev–Trinajstić information content (AvgIpc) is 2.97. The van der Waals surface area contributed by atoms with E-state index in [1.807, 2.05) is 37.3 Å². The maximum absolute atomic E-state index is 11.9. The number of anilines is 1. The van der Waals surface area contributed by atoms with Crippen LogP contribution in [0.2, 0.25) is 0 Å². The van der Waals surface area contributed by atoms with E-state index in [4.69, 9.17) is 0 Å². The number of hydrogen-bond donors (Lipinski definition) is 3. The zero-order valence-corrected chi connectivity index (χ0v) is 11.6. The van der Waals surface area contributed by atoms with Crippen molar-refractivity contribution in [3.63, 3.8) is 0 Å². The molecule has 0 aliphatic heterocycles. The van der Waals surface area contributed by atoms with Gasteiger partial charge in [0.2, 0.25) is 0 Å². The number of benzene rings is 1. The Kier molecular flexibility index (Phi) is 3.51. The number of carbonyl (C=O) groups is 1. The van der Waals surface area contributed by atoms with Crippen LogP contribution in [0.15, 0.2) is 42.7 Å². The summed E-state index contributed by atoms with van der Waals surface area (Å²) in [6.07, 6.45) is 3.40. The molecule has 3 rings (SSSR count). The maximum atomic E-state index is 11.9. The Morgan fingerprint density at radius 1 is 1.24 bits per heavy atom. The molecule has 106 valence electrons. The molecule has 0 fully saturated rings. The number of nitrogens with one attached hydrogen (secondary N) is 3. The molecule has 6 nitrogen and oxygen atoms in total. The number of H-pyrrole nitrogens is 1. The molecule has 21 heavy (non-hydrogen) atoms. The quantitative estimate of drug-likeness (QED) is 0.690. The van der Waals surface area contributed by atoms with E-state index in [1.165, 1.54) is 0 Å². The van der Waals surface area contributed by atoms with Gasteiger partial charge in [-0.15, -0.1) is 0 Å². The number of nitrogens with zero attached hydrogens (tertiary/aromatic N) is 2. The highest BCUT2D eigenvalue weighted by Crippen LogP contribution is 2.32. The number of aromatic nitrogens is 3. The zero-order valence-electron chi connectivity index (χ0n) is 11.6. The molecule has 0 aliphatic rings. The lowest BCUT2D eigenvalue weighted by atomic mass is 10.0. The van der Waals surface area contributed by atoms with E-state index in [1.54, 1.807) is 12.4 Å². The molecule has 3 N–H and O–H groups in total. The van der Waals surface area contributed by atoms with E-state index < -0.39 is 0 Å². The van der Waals surface area contributed by atoms with Gasteiger partial charge in [0.25, 0.3) is 0 Å². The Balaban J connectivity index is 2.13. The molecule has 2 aromatic heterocycles. The van der Waals surface area contributed by atoms with Crippen LogP contribution in [-0.2, 0) is 0 Å². The minimum Gasteiger partial charge on any atom is -0.338 e. The standard InChI is InChI=1S/C15H15N5O/c1-2-16-15(21)19-13-11(10-6-4-3-5-7-10)8-17-14-12(13)9-18-20-14/h3-9H,2H2,1H3,(H3,16,17,18,19,20,21). The molecular formula is C15H15N5O. The van der Waals surface area contributed by atoms with Gasteiger partial charge in [-0.2, -0.15) is 5.10 Å². The number of urea groups is 1. The maximum Gasteiger partial charge on any atom is 0.319 e. The van der Waals surface area contributed by atoms with Gasteiger partial charge in [0.15, 0.2) is 5.65 Å². The Hall–Kier alpha value is -2.89. The molecule has 6 heteroatoms. The lowest BCUT2D eigenvalue weighted by Gasteiger charge is -2.12. The summed E-state index contributed by atoms with van der Waals surface area (Å²) in [6, 6.07) is 9.56. The van der Waals surface area contributed by atoms with Crippen molar-refractivity contribution < 1.29 is 4.79 Å². The summed E-state index contributed by atoms with van der Waals surface area (Å²) in [5.74, 6) is 0. The van der Waals surface area contributed by atoms with Crippen molar-refractivity contribution in [3.05, 3.63) is 42.7 Å². The van der Waals surface area contributed by atoms with Gasteiger partial charge in [0.1, 0.15) is 0 Å². The van der Waals surface area contributed by atoms with Gasteiger partial charge in [-0.3, -0.25) is 5.10 Å². The van der Waals surface area contributed by atoms with Crippen molar-refractivity contribution in [2.24, 2.45) is 0 Å². The van der Waals surface area contributed by atoms with Gasteiger partial charge in [-0.05, 0) is 12.5 Å². The summed E-state index contributed by atoms with van der Waals surface area (Å²) in [7, 11) is 0. The smallest absolute Gasteiger partial charge is 0.319 e. The van der Waals surface area contributed by atoms with E-state index in [0.29, 0.717) is 17.9 Å². The van der Waals surface area contributed by atoms with Gasteiger partial charge in [-0.25, -0.2) is 9.78 Å².